The molecule has 0 aliphatic heterocycles. The first-order chi connectivity index (χ1) is 14.6. The molecule has 0 atom stereocenters. The van der Waals surface area contributed by atoms with Crippen molar-refractivity contribution in [2.24, 2.45) is 7.05 Å². The quantitative estimate of drug-likeness (QED) is 0.357. The van der Waals surface area contributed by atoms with Gasteiger partial charge < -0.3 is 0 Å². The van der Waals surface area contributed by atoms with Crippen LogP contribution in [0, 0.1) is 16.6 Å². The lowest BCUT2D eigenvalue weighted by Gasteiger charge is -2.20. The number of rotatable bonds is 5. The summed E-state index contributed by atoms with van der Waals surface area (Å²) in [5, 5.41) is 24.0. The molecule has 3 aromatic rings. The SMILES string of the molecule is C=C/C(=C\C(C)=C/C)c1ccc(=N)n(C(=N)C(F)(F)c2ccc3nn(C)cc3c2F)n1. The lowest BCUT2D eigenvalue weighted by atomic mass is 10.0. The molecular weight excluding hydrogens is 405 g/mol. The van der Waals surface area contributed by atoms with Crippen molar-refractivity contribution in [3.05, 3.63) is 83.4 Å². The summed E-state index contributed by atoms with van der Waals surface area (Å²) < 4.78 is 47.1. The number of halogens is 3. The van der Waals surface area contributed by atoms with E-state index in [1.165, 1.54) is 35.2 Å². The lowest BCUT2D eigenvalue weighted by Crippen LogP contribution is -2.40. The smallest absolute Gasteiger partial charge is 0.283 e. The number of hydrogen-bond donors (Lipinski definition) is 2. The lowest BCUT2D eigenvalue weighted by molar-refractivity contribution is 0.0657. The van der Waals surface area contributed by atoms with E-state index in [0.29, 0.717) is 10.3 Å². The minimum absolute atomic E-state index is 0.0796. The Hall–Kier alpha value is -3.75. The van der Waals surface area contributed by atoms with Gasteiger partial charge in [0.25, 0.3) is 0 Å². The first-order valence-corrected chi connectivity index (χ1v) is 9.32. The summed E-state index contributed by atoms with van der Waals surface area (Å²) in [6, 6.07) is 4.89. The minimum Gasteiger partial charge on any atom is -0.283 e. The van der Waals surface area contributed by atoms with E-state index in [1.54, 1.807) is 13.1 Å². The third kappa shape index (κ3) is 3.98. The number of aromatic nitrogens is 4. The van der Waals surface area contributed by atoms with Crippen LogP contribution >= 0.6 is 0 Å². The molecule has 0 spiro atoms. The van der Waals surface area contributed by atoms with Gasteiger partial charge in [-0.3, -0.25) is 15.5 Å². The molecule has 2 aromatic heterocycles. The third-order valence-corrected chi connectivity index (χ3v) is 4.77. The van der Waals surface area contributed by atoms with E-state index in [1.807, 2.05) is 19.9 Å². The Morgan fingerprint density at radius 3 is 2.55 bits per heavy atom. The molecule has 0 amide bonds. The van der Waals surface area contributed by atoms with Crippen LogP contribution < -0.4 is 5.49 Å². The summed E-state index contributed by atoms with van der Waals surface area (Å²) in [5.41, 5.74) is 0.466. The maximum absolute atomic E-state index is 15.2. The average Bonchev–Trinajstić information content (AvgIpc) is 3.13. The van der Waals surface area contributed by atoms with E-state index >= 15 is 8.78 Å². The number of aryl methyl sites for hydroxylation is 1. The van der Waals surface area contributed by atoms with Crippen LogP contribution in [0.3, 0.4) is 0 Å². The van der Waals surface area contributed by atoms with Crippen molar-refractivity contribution in [1.29, 1.82) is 10.8 Å². The van der Waals surface area contributed by atoms with Gasteiger partial charge in [0.2, 0.25) is 0 Å². The fourth-order valence-corrected chi connectivity index (χ4v) is 3.00. The van der Waals surface area contributed by atoms with Crippen LogP contribution in [0.5, 0.6) is 0 Å². The number of nitrogens with one attached hydrogen (secondary N) is 2. The molecular formula is C22H21F3N6. The number of nitrogens with zero attached hydrogens (tertiary/aromatic N) is 4. The third-order valence-electron chi connectivity index (χ3n) is 4.77. The fourth-order valence-electron chi connectivity index (χ4n) is 3.00. The zero-order valence-electron chi connectivity index (χ0n) is 17.2. The average molecular weight is 426 g/mol. The van der Waals surface area contributed by atoms with Gasteiger partial charge in [-0.05, 0) is 38.1 Å². The van der Waals surface area contributed by atoms with Crippen LogP contribution in [0.2, 0.25) is 0 Å². The highest BCUT2D eigenvalue weighted by Crippen LogP contribution is 2.34. The summed E-state index contributed by atoms with van der Waals surface area (Å²) in [4.78, 5) is 0. The Bertz CT molecular complexity index is 1310. The maximum atomic E-state index is 15.2. The van der Waals surface area contributed by atoms with Crippen molar-refractivity contribution in [3.63, 3.8) is 0 Å². The van der Waals surface area contributed by atoms with Crippen LogP contribution in [0.25, 0.3) is 16.5 Å². The number of hydrogen-bond acceptors (Lipinski definition) is 4. The highest BCUT2D eigenvalue weighted by atomic mass is 19.3. The van der Waals surface area contributed by atoms with E-state index in [2.05, 4.69) is 16.8 Å². The van der Waals surface area contributed by atoms with E-state index in [4.69, 9.17) is 10.8 Å². The first kappa shape index (κ1) is 21.9. The van der Waals surface area contributed by atoms with Crippen molar-refractivity contribution in [3.8, 4) is 0 Å². The Labute approximate surface area is 176 Å². The topological polar surface area (TPSA) is 83.3 Å². The zero-order chi connectivity index (χ0) is 22.9. The molecule has 0 aliphatic carbocycles. The monoisotopic (exact) mass is 426 g/mol. The second-order valence-electron chi connectivity index (χ2n) is 6.94. The van der Waals surface area contributed by atoms with Crippen molar-refractivity contribution in [1.82, 2.24) is 19.6 Å². The fraction of sp³-hybridized carbons (Fsp3) is 0.182. The standard InChI is InChI=1S/C22H21F3N6/c1-5-13(3)11-14(6-2)17-9-10-19(26)31(29-17)21(27)22(24,25)16-7-8-18-15(20(16)23)12-30(4)28-18/h5-12,26-27H,2H2,1,3-4H3/b13-5-,14-11+,26-19?,27-21?. The van der Waals surface area contributed by atoms with Crippen LogP contribution in [0.1, 0.15) is 25.1 Å². The zero-order valence-corrected chi connectivity index (χ0v) is 17.2. The van der Waals surface area contributed by atoms with Crippen molar-refractivity contribution in [2.75, 3.05) is 0 Å². The maximum Gasteiger partial charge on any atom is 0.334 e. The number of alkyl halides is 2. The largest absolute Gasteiger partial charge is 0.334 e. The number of fused-ring (bicyclic) bond motifs is 1. The second-order valence-corrected chi connectivity index (χ2v) is 6.94. The van der Waals surface area contributed by atoms with E-state index < -0.39 is 28.6 Å². The predicted octanol–water partition coefficient (Wildman–Crippen LogP) is 4.54. The summed E-state index contributed by atoms with van der Waals surface area (Å²) in [6.45, 7) is 7.40. The Morgan fingerprint density at radius 1 is 1.19 bits per heavy atom. The molecule has 31 heavy (non-hydrogen) atoms. The second kappa shape index (κ2) is 8.17. The van der Waals surface area contributed by atoms with Gasteiger partial charge in [0.15, 0.2) is 5.84 Å². The van der Waals surface area contributed by atoms with E-state index in [-0.39, 0.29) is 16.6 Å². The molecule has 1 aromatic carbocycles. The number of benzene rings is 1. The first-order valence-electron chi connectivity index (χ1n) is 9.32. The Morgan fingerprint density at radius 2 is 1.90 bits per heavy atom. The van der Waals surface area contributed by atoms with Gasteiger partial charge in [-0.2, -0.15) is 23.7 Å². The van der Waals surface area contributed by atoms with Crippen LogP contribution in [-0.4, -0.2) is 25.4 Å². The van der Waals surface area contributed by atoms with Crippen molar-refractivity contribution >= 4 is 22.3 Å². The molecule has 0 bridgehead atoms. The van der Waals surface area contributed by atoms with Crippen LogP contribution in [-0.2, 0) is 13.0 Å². The summed E-state index contributed by atoms with van der Waals surface area (Å²) >= 11 is 0. The molecule has 160 valence electrons. The highest BCUT2D eigenvalue weighted by Gasteiger charge is 2.42. The summed E-state index contributed by atoms with van der Waals surface area (Å²) in [5.74, 6) is -6.55. The molecule has 9 heteroatoms. The molecule has 0 saturated heterocycles. The normalized spacial score (nSPS) is 13.0. The van der Waals surface area contributed by atoms with Gasteiger partial charge in [0.05, 0.1) is 22.2 Å². The minimum atomic E-state index is -4.04. The van der Waals surface area contributed by atoms with E-state index in [0.717, 1.165) is 11.6 Å². The van der Waals surface area contributed by atoms with Gasteiger partial charge >= 0.3 is 5.92 Å². The molecule has 3 rings (SSSR count). The van der Waals surface area contributed by atoms with Crippen LogP contribution in [0.15, 0.2) is 60.8 Å². The van der Waals surface area contributed by atoms with Gasteiger partial charge in [-0.15, -0.1) is 0 Å². The van der Waals surface area contributed by atoms with Gasteiger partial charge in [-0.25, -0.2) is 4.39 Å². The Balaban J connectivity index is 2.12. The molecule has 0 aliphatic rings. The van der Waals surface area contributed by atoms with Crippen molar-refractivity contribution < 1.29 is 13.2 Å². The Kier molecular flexibility index (Phi) is 5.79. The molecule has 0 saturated carbocycles. The molecule has 2 N–H and O–H groups in total. The van der Waals surface area contributed by atoms with Crippen LogP contribution in [0.4, 0.5) is 13.2 Å². The molecule has 2 heterocycles. The predicted molar refractivity (Wildman–Crippen MR) is 113 cm³/mol. The molecule has 0 radical (unpaired) electrons. The molecule has 0 unspecified atom stereocenters. The van der Waals surface area contributed by atoms with Gasteiger partial charge in [0, 0.05) is 18.8 Å². The summed E-state index contributed by atoms with van der Waals surface area (Å²) in [6.07, 6.45) is 6.40. The van der Waals surface area contributed by atoms with Gasteiger partial charge in [0.1, 0.15) is 11.3 Å². The van der Waals surface area contributed by atoms with Gasteiger partial charge in [-0.1, -0.05) is 30.4 Å². The highest BCUT2D eigenvalue weighted by molar-refractivity contribution is 5.90. The van der Waals surface area contributed by atoms with E-state index in [9.17, 15) is 4.39 Å². The summed E-state index contributed by atoms with van der Waals surface area (Å²) in [7, 11) is 1.55. The van der Waals surface area contributed by atoms with Crippen molar-refractivity contribution in [2.45, 2.75) is 19.8 Å². The molecule has 0 fully saturated rings. The number of allylic oxidation sites excluding steroid dienone is 5. The molecule has 6 nitrogen and oxygen atoms in total.